The topological polar surface area (TPSA) is 88.4 Å². The Kier molecular flexibility index (Phi) is 5.61. The van der Waals surface area contributed by atoms with Crippen LogP contribution in [-0.2, 0) is 11.3 Å². The highest BCUT2D eigenvalue weighted by Crippen LogP contribution is 2.26. The summed E-state index contributed by atoms with van der Waals surface area (Å²) in [4.78, 5) is 17.2. The quantitative estimate of drug-likeness (QED) is 0.597. The van der Waals surface area contributed by atoms with Crippen molar-refractivity contribution in [3.8, 4) is 5.75 Å². The van der Waals surface area contributed by atoms with Crippen LogP contribution in [0.2, 0.25) is 0 Å². The van der Waals surface area contributed by atoms with Gasteiger partial charge in [-0.1, -0.05) is 18.2 Å². The van der Waals surface area contributed by atoms with Crippen LogP contribution in [0.3, 0.4) is 0 Å². The van der Waals surface area contributed by atoms with Crippen molar-refractivity contribution in [2.75, 3.05) is 24.3 Å². The molecule has 7 heteroatoms. The van der Waals surface area contributed by atoms with Crippen molar-refractivity contribution in [3.63, 3.8) is 0 Å². The number of aryl methyl sites for hydroxylation is 1. The van der Waals surface area contributed by atoms with Gasteiger partial charge < -0.3 is 25.0 Å². The van der Waals surface area contributed by atoms with E-state index in [9.17, 15) is 9.90 Å². The van der Waals surface area contributed by atoms with Crippen LogP contribution in [0.5, 0.6) is 5.75 Å². The fraction of sp³-hybridized carbons (Fsp3) is 0.300. The van der Waals surface area contributed by atoms with Gasteiger partial charge >= 0.3 is 0 Å². The molecule has 0 radical (unpaired) electrons. The zero-order chi connectivity index (χ0) is 19.4. The van der Waals surface area contributed by atoms with Crippen molar-refractivity contribution in [2.24, 2.45) is 0 Å². The Bertz CT molecular complexity index is 950. The van der Waals surface area contributed by atoms with Gasteiger partial charge in [-0.05, 0) is 43.7 Å². The molecule has 1 heterocycles. The molecule has 0 fully saturated rings. The number of benzene rings is 2. The lowest BCUT2D eigenvalue weighted by Gasteiger charge is -2.14. The van der Waals surface area contributed by atoms with E-state index >= 15 is 0 Å². The number of hydrogen-bond donors (Lipinski definition) is 3. The average Bonchev–Trinajstić information content (AvgIpc) is 2.98. The minimum atomic E-state index is -0.524. The van der Waals surface area contributed by atoms with Gasteiger partial charge in [0.25, 0.3) is 0 Å². The highest BCUT2D eigenvalue weighted by atomic mass is 16.5. The Morgan fingerprint density at radius 2 is 2.07 bits per heavy atom. The van der Waals surface area contributed by atoms with E-state index in [0.717, 1.165) is 16.6 Å². The summed E-state index contributed by atoms with van der Waals surface area (Å²) in [6.07, 6.45) is -0.524. The maximum absolute atomic E-state index is 12.7. The Hall–Kier alpha value is -3.06. The van der Waals surface area contributed by atoms with Gasteiger partial charge in [-0.15, -0.1) is 0 Å². The molecule has 7 nitrogen and oxygen atoms in total. The monoisotopic (exact) mass is 368 g/mol. The molecule has 0 saturated carbocycles. The molecule has 1 amide bonds. The zero-order valence-electron chi connectivity index (χ0n) is 15.7. The first-order valence-corrected chi connectivity index (χ1v) is 8.79. The number of amides is 1. The number of para-hydroxylation sites is 2. The molecule has 1 aromatic heterocycles. The minimum Gasteiger partial charge on any atom is -0.495 e. The van der Waals surface area contributed by atoms with Crippen LogP contribution in [0.4, 0.5) is 11.6 Å². The summed E-state index contributed by atoms with van der Waals surface area (Å²) in [5.74, 6) is 0.961. The fourth-order valence-electron chi connectivity index (χ4n) is 2.86. The van der Waals surface area contributed by atoms with E-state index in [1.165, 1.54) is 0 Å². The first-order valence-electron chi connectivity index (χ1n) is 8.79. The van der Waals surface area contributed by atoms with Crippen molar-refractivity contribution in [1.82, 2.24) is 9.55 Å². The molecule has 0 aliphatic rings. The third-order valence-electron chi connectivity index (χ3n) is 4.14. The van der Waals surface area contributed by atoms with Crippen LogP contribution in [0, 0.1) is 6.92 Å². The predicted octanol–water partition coefficient (Wildman–Crippen LogP) is 2.78. The van der Waals surface area contributed by atoms with Crippen LogP contribution in [0.15, 0.2) is 42.5 Å². The zero-order valence-corrected chi connectivity index (χ0v) is 15.7. The Labute approximate surface area is 158 Å². The standard InChI is InChI=1S/C20H24N4O3/c1-13-8-9-18(27-3)16(10-13)22-19(26)12-24-17-7-5-4-6-15(17)23-20(24)21-11-14(2)25/h4-10,14,25H,11-12H2,1-3H3,(H,21,23)(H,22,26). The van der Waals surface area contributed by atoms with Crippen LogP contribution in [0.1, 0.15) is 12.5 Å². The number of fused-ring (bicyclic) bond motifs is 1. The number of carbonyl (C=O) groups is 1. The number of anilines is 2. The Morgan fingerprint density at radius 1 is 1.30 bits per heavy atom. The number of ether oxygens (including phenoxy) is 1. The molecular weight excluding hydrogens is 344 g/mol. The molecular formula is C20H24N4O3. The lowest BCUT2D eigenvalue weighted by Crippen LogP contribution is -2.22. The lowest BCUT2D eigenvalue weighted by atomic mass is 10.2. The van der Waals surface area contributed by atoms with E-state index in [-0.39, 0.29) is 12.5 Å². The van der Waals surface area contributed by atoms with Crippen LogP contribution >= 0.6 is 0 Å². The van der Waals surface area contributed by atoms with E-state index in [0.29, 0.717) is 23.9 Å². The van der Waals surface area contributed by atoms with Crippen molar-refractivity contribution < 1.29 is 14.6 Å². The Balaban J connectivity index is 1.86. The SMILES string of the molecule is COc1ccc(C)cc1NC(=O)Cn1c(NCC(C)O)nc2ccccc21. The number of nitrogens with zero attached hydrogens (tertiary/aromatic N) is 2. The number of hydrogen-bond acceptors (Lipinski definition) is 5. The van der Waals surface area contributed by atoms with Crippen LogP contribution in [0.25, 0.3) is 11.0 Å². The van der Waals surface area contributed by atoms with E-state index in [1.54, 1.807) is 18.6 Å². The number of aliphatic hydroxyl groups is 1. The second kappa shape index (κ2) is 8.09. The summed E-state index contributed by atoms with van der Waals surface area (Å²) in [6, 6.07) is 13.2. The molecule has 0 aliphatic carbocycles. The number of aliphatic hydroxyl groups excluding tert-OH is 1. The van der Waals surface area contributed by atoms with E-state index < -0.39 is 6.10 Å². The van der Waals surface area contributed by atoms with E-state index in [1.807, 2.05) is 49.4 Å². The molecule has 1 atom stereocenters. The summed E-state index contributed by atoms with van der Waals surface area (Å²) >= 11 is 0. The maximum atomic E-state index is 12.7. The number of rotatable bonds is 7. The summed E-state index contributed by atoms with van der Waals surface area (Å²) in [7, 11) is 1.57. The summed E-state index contributed by atoms with van der Waals surface area (Å²) < 4.78 is 7.12. The molecule has 3 N–H and O–H groups in total. The van der Waals surface area contributed by atoms with Crippen LogP contribution < -0.4 is 15.4 Å². The van der Waals surface area contributed by atoms with Gasteiger partial charge in [0.1, 0.15) is 12.3 Å². The van der Waals surface area contributed by atoms with Gasteiger partial charge in [-0.2, -0.15) is 0 Å². The molecule has 142 valence electrons. The Morgan fingerprint density at radius 3 is 2.81 bits per heavy atom. The van der Waals surface area contributed by atoms with Gasteiger partial charge in [0.2, 0.25) is 11.9 Å². The molecule has 3 aromatic rings. The van der Waals surface area contributed by atoms with Crippen molar-refractivity contribution in [1.29, 1.82) is 0 Å². The molecule has 0 aliphatic heterocycles. The largest absolute Gasteiger partial charge is 0.495 e. The molecule has 0 bridgehead atoms. The predicted molar refractivity (Wildman–Crippen MR) is 106 cm³/mol. The molecule has 2 aromatic carbocycles. The number of nitrogens with one attached hydrogen (secondary N) is 2. The number of carbonyl (C=O) groups excluding carboxylic acids is 1. The van der Waals surface area contributed by atoms with Crippen molar-refractivity contribution in [2.45, 2.75) is 26.5 Å². The van der Waals surface area contributed by atoms with Crippen LogP contribution in [-0.4, -0.2) is 40.3 Å². The molecule has 0 spiro atoms. The van der Waals surface area contributed by atoms with E-state index in [4.69, 9.17) is 4.74 Å². The number of aromatic nitrogens is 2. The van der Waals surface area contributed by atoms with Gasteiger partial charge in [0.05, 0.1) is 29.9 Å². The molecule has 27 heavy (non-hydrogen) atoms. The average molecular weight is 368 g/mol. The van der Waals surface area contributed by atoms with Crippen molar-refractivity contribution in [3.05, 3.63) is 48.0 Å². The summed E-state index contributed by atoms with van der Waals surface area (Å²) in [5, 5.41) is 15.6. The second-order valence-corrected chi connectivity index (χ2v) is 6.49. The van der Waals surface area contributed by atoms with Crippen molar-refractivity contribution >= 4 is 28.6 Å². The maximum Gasteiger partial charge on any atom is 0.244 e. The second-order valence-electron chi connectivity index (χ2n) is 6.49. The van der Waals surface area contributed by atoms with Gasteiger partial charge in [0.15, 0.2) is 0 Å². The lowest BCUT2D eigenvalue weighted by molar-refractivity contribution is -0.116. The van der Waals surface area contributed by atoms with E-state index in [2.05, 4.69) is 15.6 Å². The summed E-state index contributed by atoms with van der Waals surface area (Å²) in [6.45, 7) is 4.07. The highest BCUT2D eigenvalue weighted by molar-refractivity contribution is 5.93. The highest BCUT2D eigenvalue weighted by Gasteiger charge is 2.15. The van der Waals surface area contributed by atoms with Gasteiger partial charge in [-0.3, -0.25) is 4.79 Å². The number of imidazole rings is 1. The number of methoxy groups -OCH3 is 1. The summed E-state index contributed by atoms with van der Waals surface area (Å²) in [5.41, 5.74) is 3.28. The first kappa shape index (κ1) is 18.7. The molecule has 3 rings (SSSR count). The third-order valence-corrected chi connectivity index (χ3v) is 4.14. The normalized spacial score (nSPS) is 12.0. The minimum absolute atomic E-state index is 0.0831. The smallest absolute Gasteiger partial charge is 0.244 e. The molecule has 1 unspecified atom stereocenters. The third kappa shape index (κ3) is 4.38. The van der Waals surface area contributed by atoms with Gasteiger partial charge in [-0.25, -0.2) is 4.98 Å². The van der Waals surface area contributed by atoms with Gasteiger partial charge in [0, 0.05) is 6.54 Å². The molecule has 0 saturated heterocycles. The fourth-order valence-corrected chi connectivity index (χ4v) is 2.86. The first-order chi connectivity index (χ1) is 13.0.